The second-order valence-electron chi connectivity index (χ2n) is 7.11. The summed E-state index contributed by atoms with van der Waals surface area (Å²) in [6.45, 7) is 5.06. The monoisotopic (exact) mass is 444 g/mol. The quantitative estimate of drug-likeness (QED) is 0.622. The average Bonchev–Trinajstić information content (AvgIpc) is 3.02. The fourth-order valence-corrected chi connectivity index (χ4v) is 4.04. The number of nitrogens with zero attached hydrogens (tertiary/aromatic N) is 3. The van der Waals surface area contributed by atoms with Crippen LogP contribution in [0, 0.1) is 6.92 Å². The summed E-state index contributed by atoms with van der Waals surface area (Å²) in [5, 5.41) is 8.30. The molecule has 2 heterocycles. The van der Waals surface area contributed by atoms with Gasteiger partial charge in [0.25, 0.3) is 5.91 Å². The van der Waals surface area contributed by atoms with Gasteiger partial charge in [0.1, 0.15) is 5.15 Å². The van der Waals surface area contributed by atoms with E-state index in [0.717, 1.165) is 24.3 Å². The molecule has 0 unspecified atom stereocenters. The number of carbonyl (C=O) groups is 1. The molecule has 30 heavy (non-hydrogen) atoms. The summed E-state index contributed by atoms with van der Waals surface area (Å²) in [5.41, 5.74) is 3.53. The van der Waals surface area contributed by atoms with Crippen LogP contribution in [0.3, 0.4) is 0 Å². The molecule has 0 bridgehead atoms. The number of hydrogen-bond donors (Lipinski definition) is 1. The molecule has 1 aromatic heterocycles. The van der Waals surface area contributed by atoms with Gasteiger partial charge in [-0.15, -0.1) is 0 Å². The lowest BCUT2D eigenvalue weighted by Crippen LogP contribution is -2.36. The predicted octanol–water partition coefficient (Wildman–Crippen LogP) is 4.64. The first-order valence-electron chi connectivity index (χ1n) is 9.73. The van der Waals surface area contributed by atoms with Gasteiger partial charge in [0.2, 0.25) is 0 Å². The predicted molar refractivity (Wildman–Crippen MR) is 120 cm³/mol. The van der Waals surface area contributed by atoms with Crippen LogP contribution >= 0.6 is 23.2 Å². The summed E-state index contributed by atoms with van der Waals surface area (Å²) in [5.74, 6) is -0.311. The van der Waals surface area contributed by atoms with E-state index in [4.69, 9.17) is 27.9 Å². The maximum Gasteiger partial charge on any atom is 0.260 e. The lowest BCUT2D eigenvalue weighted by atomic mass is 10.2. The van der Waals surface area contributed by atoms with Gasteiger partial charge in [-0.1, -0.05) is 53.5 Å². The fraction of sp³-hybridized carbons (Fsp3) is 0.273. The Kier molecular flexibility index (Phi) is 6.27. The van der Waals surface area contributed by atoms with Crippen LogP contribution in [0.5, 0.6) is 0 Å². The minimum atomic E-state index is -0.311. The number of nitrogens with one attached hydrogen (secondary N) is 1. The van der Waals surface area contributed by atoms with Crippen LogP contribution in [0.25, 0.3) is 0 Å². The number of hydrogen-bond acceptors (Lipinski definition) is 4. The average molecular weight is 445 g/mol. The third-order valence-corrected chi connectivity index (χ3v) is 5.65. The number of aromatic nitrogens is 2. The molecule has 4 rings (SSSR count). The maximum absolute atomic E-state index is 13.1. The van der Waals surface area contributed by atoms with E-state index in [1.165, 1.54) is 0 Å². The summed E-state index contributed by atoms with van der Waals surface area (Å²) < 4.78 is 7.08. The van der Waals surface area contributed by atoms with Crippen LogP contribution in [0.4, 0.5) is 11.4 Å². The van der Waals surface area contributed by atoms with Gasteiger partial charge >= 0.3 is 0 Å². The van der Waals surface area contributed by atoms with Crippen molar-refractivity contribution in [3.8, 4) is 0 Å². The lowest BCUT2D eigenvalue weighted by molar-refractivity contribution is 0.102. The number of morpholine rings is 1. The van der Waals surface area contributed by atoms with E-state index in [-0.39, 0.29) is 5.91 Å². The SMILES string of the molecule is Cc1nn(Cc2ccccc2)c(Cl)c1C(=O)Nc1cc(Cl)ccc1N1CCOCC1. The molecule has 0 radical (unpaired) electrons. The van der Waals surface area contributed by atoms with Crippen molar-refractivity contribution in [3.63, 3.8) is 0 Å². The first-order valence-corrected chi connectivity index (χ1v) is 10.5. The van der Waals surface area contributed by atoms with Crippen LogP contribution in [0.2, 0.25) is 10.2 Å². The molecule has 1 aliphatic rings. The second-order valence-corrected chi connectivity index (χ2v) is 7.90. The molecule has 1 saturated heterocycles. The molecule has 0 saturated carbocycles. The van der Waals surface area contributed by atoms with Crippen LogP contribution in [0.1, 0.15) is 21.6 Å². The number of carbonyl (C=O) groups excluding carboxylic acids is 1. The Labute approximate surface area is 185 Å². The standard InChI is InChI=1S/C22H22Cl2N4O2/c1-15-20(21(24)28(26-15)14-16-5-3-2-4-6-16)22(29)25-18-13-17(23)7-8-19(18)27-9-11-30-12-10-27/h2-8,13H,9-12,14H2,1H3,(H,25,29). The number of aryl methyl sites for hydroxylation is 1. The molecule has 8 heteroatoms. The summed E-state index contributed by atoms with van der Waals surface area (Å²) in [6, 6.07) is 15.3. The molecule has 1 aliphatic heterocycles. The van der Waals surface area contributed by atoms with E-state index >= 15 is 0 Å². The zero-order valence-electron chi connectivity index (χ0n) is 16.6. The Balaban J connectivity index is 1.59. The molecular formula is C22H22Cl2N4O2. The molecule has 2 aromatic carbocycles. The highest BCUT2D eigenvalue weighted by Gasteiger charge is 2.23. The molecule has 1 fully saturated rings. The van der Waals surface area contributed by atoms with Gasteiger partial charge in [-0.3, -0.25) is 4.79 Å². The summed E-state index contributed by atoms with van der Waals surface area (Å²) in [6.07, 6.45) is 0. The van der Waals surface area contributed by atoms with Gasteiger partial charge in [-0.25, -0.2) is 4.68 Å². The number of halogens is 2. The Morgan fingerprint density at radius 3 is 2.60 bits per heavy atom. The first kappa shape index (κ1) is 20.7. The zero-order chi connectivity index (χ0) is 21.1. The fourth-order valence-electron chi connectivity index (χ4n) is 3.55. The van der Waals surface area contributed by atoms with Crippen molar-refractivity contribution < 1.29 is 9.53 Å². The number of benzene rings is 2. The highest BCUT2D eigenvalue weighted by atomic mass is 35.5. The number of ether oxygens (including phenoxy) is 1. The van der Waals surface area contributed by atoms with Crippen molar-refractivity contribution in [2.75, 3.05) is 36.5 Å². The molecule has 1 amide bonds. The van der Waals surface area contributed by atoms with E-state index in [9.17, 15) is 4.79 Å². The van der Waals surface area contributed by atoms with E-state index < -0.39 is 0 Å². The Bertz CT molecular complexity index is 1050. The van der Waals surface area contributed by atoms with Gasteiger partial charge in [0.15, 0.2) is 0 Å². The van der Waals surface area contributed by atoms with Crippen LogP contribution in [0.15, 0.2) is 48.5 Å². The van der Waals surface area contributed by atoms with E-state index in [2.05, 4.69) is 15.3 Å². The zero-order valence-corrected chi connectivity index (χ0v) is 18.1. The first-order chi connectivity index (χ1) is 14.5. The van der Waals surface area contributed by atoms with Gasteiger partial charge in [-0.2, -0.15) is 5.10 Å². The molecule has 0 aliphatic carbocycles. The molecule has 0 atom stereocenters. The summed E-state index contributed by atoms with van der Waals surface area (Å²) >= 11 is 12.8. The molecular weight excluding hydrogens is 423 g/mol. The van der Waals surface area contributed by atoms with Crippen molar-refractivity contribution >= 4 is 40.5 Å². The van der Waals surface area contributed by atoms with Crippen molar-refractivity contribution in [2.24, 2.45) is 0 Å². The summed E-state index contributed by atoms with van der Waals surface area (Å²) in [4.78, 5) is 15.3. The minimum absolute atomic E-state index is 0.309. The van der Waals surface area contributed by atoms with Crippen molar-refractivity contribution in [1.82, 2.24) is 9.78 Å². The van der Waals surface area contributed by atoms with E-state index in [1.807, 2.05) is 42.5 Å². The van der Waals surface area contributed by atoms with E-state index in [0.29, 0.717) is 46.9 Å². The molecule has 3 aromatic rings. The Hall–Kier alpha value is -2.54. The van der Waals surface area contributed by atoms with Crippen LogP contribution < -0.4 is 10.2 Å². The van der Waals surface area contributed by atoms with Crippen molar-refractivity contribution in [1.29, 1.82) is 0 Å². The highest BCUT2D eigenvalue weighted by Crippen LogP contribution is 2.31. The third kappa shape index (κ3) is 4.46. The summed E-state index contributed by atoms with van der Waals surface area (Å²) in [7, 11) is 0. The Morgan fingerprint density at radius 2 is 1.87 bits per heavy atom. The van der Waals surface area contributed by atoms with Crippen molar-refractivity contribution in [2.45, 2.75) is 13.5 Å². The van der Waals surface area contributed by atoms with E-state index in [1.54, 1.807) is 17.7 Å². The lowest BCUT2D eigenvalue weighted by Gasteiger charge is -2.30. The Morgan fingerprint density at radius 1 is 1.13 bits per heavy atom. The second kappa shape index (κ2) is 9.08. The molecule has 156 valence electrons. The number of amides is 1. The number of rotatable bonds is 5. The molecule has 0 spiro atoms. The smallest absolute Gasteiger partial charge is 0.260 e. The third-order valence-electron chi connectivity index (χ3n) is 5.03. The molecule has 6 nitrogen and oxygen atoms in total. The highest BCUT2D eigenvalue weighted by molar-refractivity contribution is 6.34. The van der Waals surface area contributed by atoms with Crippen molar-refractivity contribution in [3.05, 3.63) is 75.5 Å². The minimum Gasteiger partial charge on any atom is -0.378 e. The number of anilines is 2. The van der Waals surface area contributed by atoms with Gasteiger partial charge in [-0.05, 0) is 30.7 Å². The van der Waals surface area contributed by atoms with Gasteiger partial charge in [0, 0.05) is 18.1 Å². The maximum atomic E-state index is 13.1. The van der Waals surface area contributed by atoms with Crippen LogP contribution in [-0.4, -0.2) is 42.0 Å². The van der Waals surface area contributed by atoms with Crippen LogP contribution in [-0.2, 0) is 11.3 Å². The largest absolute Gasteiger partial charge is 0.378 e. The topological polar surface area (TPSA) is 59.4 Å². The van der Waals surface area contributed by atoms with Gasteiger partial charge in [0.05, 0.1) is 42.4 Å². The normalized spacial score (nSPS) is 14.0. The van der Waals surface area contributed by atoms with Gasteiger partial charge < -0.3 is 15.0 Å². The molecule has 1 N–H and O–H groups in total.